The van der Waals surface area contributed by atoms with E-state index in [9.17, 15) is 4.39 Å². The Kier molecular flexibility index (Phi) is 5.95. The quantitative estimate of drug-likeness (QED) is 0.810. The van der Waals surface area contributed by atoms with Crippen LogP contribution in [0.1, 0.15) is 12.0 Å². The van der Waals surface area contributed by atoms with Gasteiger partial charge in [-0.05, 0) is 45.7 Å². The Balaban J connectivity index is 2.46. The Labute approximate surface area is 105 Å². The molecule has 0 bridgehead atoms. The van der Waals surface area contributed by atoms with Crippen LogP contribution in [-0.4, -0.2) is 32.1 Å². The van der Waals surface area contributed by atoms with E-state index in [1.54, 1.807) is 0 Å². The smallest absolute Gasteiger partial charge is 0.128 e. The number of hydrogen-bond donors (Lipinski definition) is 1. The van der Waals surface area contributed by atoms with Crippen molar-refractivity contribution in [2.45, 2.75) is 13.0 Å². The number of rotatable bonds is 6. The third-order valence-electron chi connectivity index (χ3n) is 2.42. The van der Waals surface area contributed by atoms with Gasteiger partial charge < -0.3 is 10.2 Å². The average Bonchev–Trinajstić information content (AvgIpc) is 2.23. The van der Waals surface area contributed by atoms with E-state index in [1.807, 2.05) is 26.2 Å². The molecule has 0 aliphatic heterocycles. The van der Waals surface area contributed by atoms with Gasteiger partial charge in [-0.2, -0.15) is 0 Å². The SMILES string of the molecule is CNCCCN(C)Cc1ccc(Br)cc1F. The molecule has 0 aromatic heterocycles. The monoisotopic (exact) mass is 288 g/mol. The average molecular weight is 289 g/mol. The first kappa shape index (κ1) is 13.6. The number of nitrogens with one attached hydrogen (secondary N) is 1. The Morgan fingerprint density at radius 3 is 2.81 bits per heavy atom. The summed E-state index contributed by atoms with van der Waals surface area (Å²) in [6.07, 6.45) is 1.07. The number of hydrogen-bond acceptors (Lipinski definition) is 2. The molecule has 1 N–H and O–H groups in total. The van der Waals surface area contributed by atoms with E-state index in [1.165, 1.54) is 6.07 Å². The van der Waals surface area contributed by atoms with Gasteiger partial charge in [-0.1, -0.05) is 22.0 Å². The van der Waals surface area contributed by atoms with Crippen molar-refractivity contribution in [3.8, 4) is 0 Å². The molecule has 1 aromatic carbocycles. The summed E-state index contributed by atoms with van der Waals surface area (Å²) in [5.41, 5.74) is 0.746. The zero-order valence-corrected chi connectivity index (χ0v) is 11.3. The molecule has 0 spiro atoms. The summed E-state index contributed by atoms with van der Waals surface area (Å²) < 4.78 is 14.3. The van der Waals surface area contributed by atoms with Crippen LogP contribution in [0.4, 0.5) is 4.39 Å². The Hall–Kier alpha value is -0.450. The first-order valence-electron chi connectivity index (χ1n) is 5.40. The van der Waals surface area contributed by atoms with E-state index in [4.69, 9.17) is 0 Å². The predicted octanol–water partition coefficient (Wildman–Crippen LogP) is 2.63. The second kappa shape index (κ2) is 6.99. The zero-order valence-electron chi connectivity index (χ0n) is 9.76. The lowest BCUT2D eigenvalue weighted by Crippen LogP contribution is -2.22. The van der Waals surface area contributed by atoms with Crippen molar-refractivity contribution < 1.29 is 4.39 Å². The lowest BCUT2D eigenvalue weighted by atomic mass is 10.2. The zero-order chi connectivity index (χ0) is 12.0. The van der Waals surface area contributed by atoms with E-state index >= 15 is 0 Å². The van der Waals surface area contributed by atoms with Crippen molar-refractivity contribution >= 4 is 15.9 Å². The maximum absolute atomic E-state index is 13.5. The van der Waals surface area contributed by atoms with Gasteiger partial charge in [0.2, 0.25) is 0 Å². The van der Waals surface area contributed by atoms with Gasteiger partial charge in [-0.15, -0.1) is 0 Å². The number of benzene rings is 1. The molecule has 0 unspecified atom stereocenters. The molecule has 1 rings (SSSR count). The van der Waals surface area contributed by atoms with Gasteiger partial charge in [0.05, 0.1) is 0 Å². The van der Waals surface area contributed by atoms with Gasteiger partial charge in [0.25, 0.3) is 0 Å². The summed E-state index contributed by atoms with van der Waals surface area (Å²) >= 11 is 3.25. The fourth-order valence-electron chi connectivity index (χ4n) is 1.55. The Morgan fingerprint density at radius 1 is 1.44 bits per heavy atom. The van der Waals surface area contributed by atoms with Crippen molar-refractivity contribution in [1.82, 2.24) is 10.2 Å². The van der Waals surface area contributed by atoms with E-state index in [0.29, 0.717) is 6.54 Å². The molecule has 0 saturated heterocycles. The van der Waals surface area contributed by atoms with Gasteiger partial charge in [-0.25, -0.2) is 4.39 Å². The summed E-state index contributed by atoms with van der Waals surface area (Å²) in [6, 6.07) is 5.21. The standard InChI is InChI=1S/C12H18BrFN2/c1-15-6-3-7-16(2)9-10-4-5-11(13)8-12(10)14/h4-5,8,15H,3,6-7,9H2,1-2H3. The fraction of sp³-hybridized carbons (Fsp3) is 0.500. The maximum atomic E-state index is 13.5. The maximum Gasteiger partial charge on any atom is 0.128 e. The highest BCUT2D eigenvalue weighted by Crippen LogP contribution is 2.16. The molecule has 0 heterocycles. The van der Waals surface area contributed by atoms with Crippen molar-refractivity contribution in [1.29, 1.82) is 0 Å². The van der Waals surface area contributed by atoms with Crippen molar-refractivity contribution in [2.24, 2.45) is 0 Å². The first-order valence-corrected chi connectivity index (χ1v) is 6.20. The van der Waals surface area contributed by atoms with Crippen molar-refractivity contribution in [3.63, 3.8) is 0 Å². The molecule has 0 radical (unpaired) electrons. The molecule has 0 atom stereocenters. The molecule has 0 saturated carbocycles. The van der Waals surface area contributed by atoms with Gasteiger partial charge in [0.1, 0.15) is 5.82 Å². The molecule has 1 aromatic rings. The molecule has 90 valence electrons. The Bertz CT molecular complexity index is 331. The third-order valence-corrected chi connectivity index (χ3v) is 2.92. The van der Waals surface area contributed by atoms with E-state index < -0.39 is 0 Å². The molecule has 2 nitrogen and oxygen atoms in total. The minimum absolute atomic E-state index is 0.144. The lowest BCUT2D eigenvalue weighted by molar-refractivity contribution is 0.316. The predicted molar refractivity (Wildman–Crippen MR) is 69.0 cm³/mol. The van der Waals surface area contributed by atoms with Crippen LogP contribution in [0.25, 0.3) is 0 Å². The number of nitrogens with zero attached hydrogens (tertiary/aromatic N) is 1. The molecule has 0 aliphatic rings. The molecule has 16 heavy (non-hydrogen) atoms. The molecule has 0 aliphatic carbocycles. The highest BCUT2D eigenvalue weighted by molar-refractivity contribution is 9.10. The number of halogens is 2. The fourth-order valence-corrected chi connectivity index (χ4v) is 1.88. The summed E-state index contributed by atoms with van der Waals surface area (Å²) in [7, 11) is 3.95. The van der Waals surface area contributed by atoms with Gasteiger partial charge in [-0.3, -0.25) is 0 Å². The van der Waals surface area contributed by atoms with Crippen molar-refractivity contribution in [3.05, 3.63) is 34.1 Å². The molecule has 0 fully saturated rings. The van der Waals surface area contributed by atoms with Crippen LogP contribution in [-0.2, 0) is 6.54 Å². The lowest BCUT2D eigenvalue weighted by Gasteiger charge is -2.16. The summed E-state index contributed by atoms with van der Waals surface area (Å²) in [6.45, 7) is 2.62. The van der Waals surface area contributed by atoms with Crippen LogP contribution in [0.15, 0.2) is 22.7 Å². The van der Waals surface area contributed by atoms with Crippen LogP contribution in [0.3, 0.4) is 0 Å². The molecule has 4 heteroatoms. The van der Waals surface area contributed by atoms with E-state index in [0.717, 1.165) is 29.5 Å². The van der Waals surface area contributed by atoms with Crippen LogP contribution in [0.5, 0.6) is 0 Å². The summed E-state index contributed by atoms with van der Waals surface area (Å²) in [5.74, 6) is -0.144. The largest absolute Gasteiger partial charge is 0.320 e. The van der Waals surface area contributed by atoms with Crippen LogP contribution >= 0.6 is 15.9 Å². The van der Waals surface area contributed by atoms with Gasteiger partial charge >= 0.3 is 0 Å². The van der Waals surface area contributed by atoms with Crippen LogP contribution < -0.4 is 5.32 Å². The van der Waals surface area contributed by atoms with E-state index in [-0.39, 0.29) is 5.82 Å². The Morgan fingerprint density at radius 2 is 2.19 bits per heavy atom. The minimum Gasteiger partial charge on any atom is -0.320 e. The molecular weight excluding hydrogens is 271 g/mol. The summed E-state index contributed by atoms with van der Waals surface area (Å²) in [5, 5.41) is 3.10. The second-order valence-electron chi connectivity index (χ2n) is 3.93. The third kappa shape index (κ3) is 4.60. The van der Waals surface area contributed by atoms with Gasteiger partial charge in [0, 0.05) is 16.6 Å². The highest BCUT2D eigenvalue weighted by Gasteiger charge is 2.05. The van der Waals surface area contributed by atoms with E-state index in [2.05, 4.69) is 26.1 Å². The highest BCUT2D eigenvalue weighted by atomic mass is 79.9. The normalized spacial score (nSPS) is 11.1. The molecule has 0 amide bonds. The van der Waals surface area contributed by atoms with Crippen LogP contribution in [0.2, 0.25) is 0 Å². The second-order valence-corrected chi connectivity index (χ2v) is 4.85. The minimum atomic E-state index is -0.144. The first-order chi connectivity index (χ1) is 7.63. The van der Waals surface area contributed by atoms with Gasteiger partial charge in [0.15, 0.2) is 0 Å². The van der Waals surface area contributed by atoms with Crippen molar-refractivity contribution in [2.75, 3.05) is 27.2 Å². The molecular formula is C12H18BrFN2. The topological polar surface area (TPSA) is 15.3 Å². The van der Waals surface area contributed by atoms with Crippen LogP contribution in [0, 0.1) is 5.82 Å². The summed E-state index contributed by atoms with van der Waals surface area (Å²) in [4.78, 5) is 2.13.